The van der Waals surface area contributed by atoms with Crippen LogP contribution < -0.4 is 5.73 Å². The number of β-amino-alcohol motifs (C(OH)–C–C–N with tert-alkyl or cyclic N) is 1. The lowest BCUT2D eigenvalue weighted by Crippen LogP contribution is -2.53. The van der Waals surface area contributed by atoms with Gasteiger partial charge in [0.15, 0.2) is 0 Å². The topological polar surface area (TPSA) is 75.8 Å². The van der Waals surface area contributed by atoms with Gasteiger partial charge in [0, 0.05) is 24.0 Å². The summed E-state index contributed by atoms with van der Waals surface area (Å²) in [5.74, 6) is -0.672. The van der Waals surface area contributed by atoms with Crippen LogP contribution in [0.2, 0.25) is 4.34 Å². The molecule has 1 aromatic heterocycles. The second-order valence-corrected chi connectivity index (χ2v) is 7.90. The summed E-state index contributed by atoms with van der Waals surface area (Å²) in [6, 6.07) is 2.26. The third-order valence-electron chi connectivity index (χ3n) is 4.73. The molecule has 0 radical (unpaired) electrons. The summed E-state index contributed by atoms with van der Waals surface area (Å²) in [4.78, 5) is 14.4. The number of thiophene rings is 1. The summed E-state index contributed by atoms with van der Waals surface area (Å²) in [6.45, 7) is 3.86. The number of piperidine rings is 1. The van der Waals surface area contributed by atoms with Crippen LogP contribution in [0.1, 0.15) is 30.2 Å². The van der Waals surface area contributed by atoms with Gasteiger partial charge in [-0.2, -0.15) is 0 Å². The van der Waals surface area contributed by atoms with Crippen LogP contribution in [-0.4, -0.2) is 47.8 Å². The predicted octanol–water partition coefficient (Wildman–Crippen LogP) is 1.50. The first-order valence-corrected chi connectivity index (χ1v) is 8.75. The van der Waals surface area contributed by atoms with Crippen molar-refractivity contribution in [2.75, 3.05) is 19.7 Å². The number of primary amides is 1. The minimum atomic E-state index is -1.12. The van der Waals surface area contributed by atoms with Gasteiger partial charge in [-0.15, -0.1) is 11.3 Å². The van der Waals surface area contributed by atoms with Gasteiger partial charge in [-0.3, -0.25) is 9.69 Å². The Kier molecular flexibility index (Phi) is 4.49. The monoisotopic (exact) mass is 344 g/mol. The molecule has 0 aliphatic carbocycles. The van der Waals surface area contributed by atoms with Crippen molar-refractivity contribution >= 4 is 28.8 Å². The Morgan fingerprint density at radius 2 is 2.50 bits per heavy atom. The van der Waals surface area contributed by atoms with E-state index in [1.54, 1.807) is 11.3 Å². The highest BCUT2D eigenvalue weighted by Gasteiger charge is 2.45. The summed E-state index contributed by atoms with van der Waals surface area (Å²) >= 11 is 7.81. The Bertz CT molecular complexity index is 579. The summed E-state index contributed by atoms with van der Waals surface area (Å²) in [5.41, 5.74) is 6.19. The van der Waals surface area contributed by atoms with Crippen LogP contribution >= 0.6 is 22.9 Å². The van der Waals surface area contributed by atoms with E-state index in [-0.39, 0.29) is 18.2 Å². The van der Waals surface area contributed by atoms with Gasteiger partial charge in [0.05, 0.1) is 10.9 Å². The van der Waals surface area contributed by atoms with Crippen LogP contribution in [0.4, 0.5) is 0 Å². The second kappa shape index (κ2) is 6.09. The number of likely N-dealkylation sites (tertiary alicyclic amines) is 1. The third kappa shape index (κ3) is 2.90. The molecule has 3 N–H and O–H groups in total. The fraction of sp³-hybridized carbons (Fsp3) is 0.667. The number of nitrogens with zero attached hydrogens (tertiary/aromatic N) is 1. The van der Waals surface area contributed by atoms with E-state index >= 15 is 0 Å². The SMILES string of the molecule is C[C@H]1C[C@@]2(CCN1C[C@@H](O)C(N)=O)OCCc1cc(Cl)sc12. The van der Waals surface area contributed by atoms with E-state index in [9.17, 15) is 9.90 Å². The Balaban J connectivity index is 1.76. The molecule has 0 aromatic carbocycles. The quantitative estimate of drug-likeness (QED) is 0.871. The third-order valence-corrected chi connectivity index (χ3v) is 6.22. The molecule has 1 amide bonds. The number of amides is 1. The number of carbonyl (C=O) groups is 1. The highest BCUT2D eigenvalue weighted by molar-refractivity contribution is 7.16. The molecule has 0 saturated carbocycles. The van der Waals surface area contributed by atoms with Crippen molar-refractivity contribution in [3.63, 3.8) is 0 Å². The summed E-state index contributed by atoms with van der Waals surface area (Å²) in [7, 11) is 0. The maximum Gasteiger partial charge on any atom is 0.247 e. The van der Waals surface area contributed by atoms with E-state index < -0.39 is 12.0 Å². The smallest absolute Gasteiger partial charge is 0.247 e. The van der Waals surface area contributed by atoms with Gasteiger partial charge in [-0.05, 0) is 37.8 Å². The Hall–Kier alpha value is -0.660. The molecule has 1 fully saturated rings. The molecule has 2 aliphatic heterocycles. The number of rotatable bonds is 3. The molecule has 1 spiro atoms. The Morgan fingerprint density at radius 1 is 1.73 bits per heavy atom. The van der Waals surface area contributed by atoms with Gasteiger partial charge >= 0.3 is 0 Å². The molecule has 7 heteroatoms. The largest absolute Gasteiger partial charge is 0.382 e. The Morgan fingerprint density at radius 3 is 3.18 bits per heavy atom. The molecule has 1 aromatic rings. The van der Waals surface area contributed by atoms with Gasteiger partial charge in [-0.25, -0.2) is 0 Å². The zero-order valence-electron chi connectivity index (χ0n) is 12.5. The van der Waals surface area contributed by atoms with Crippen molar-refractivity contribution in [2.24, 2.45) is 5.73 Å². The van der Waals surface area contributed by atoms with Gasteiger partial charge in [0.25, 0.3) is 0 Å². The zero-order chi connectivity index (χ0) is 15.9. The normalized spacial score (nSPS) is 30.2. The number of nitrogens with two attached hydrogens (primary N) is 1. The van der Waals surface area contributed by atoms with Crippen LogP contribution in [0.15, 0.2) is 6.07 Å². The summed E-state index contributed by atoms with van der Waals surface area (Å²) in [5, 5.41) is 9.70. The van der Waals surface area contributed by atoms with Gasteiger partial charge < -0.3 is 15.6 Å². The molecule has 3 heterocycles. The van der Waals surface area contributed by atoms with Crippen molar-refractivity contribution in [1.82, 2.24) is 4.90 Å². The first kappa shape index (κ1) is 16.2. The molecule has 22 heavy (non-hydrogen) atoms. The molecule has 2 aliphatic rings. The van der Waals surface area contributed by atoms with Gasteiger partial charge in [-0.1, -0.05) is 11.6 Å². The van der Waals surface area contributed by atoms with Crippen LogP contribution in [0.25, 0.3) is 0 Å². The minimum absolute atomic E-state index is 0.203. The van der Waals surface area contributed by atoms with Gasteiger partial charge in [0.1, 0.15) is 11.7 Å². The minimum Gasteiger partial charge on any atom is -0.382 e. The van der Waals surface area contributed by atoms with Gasteiger partial charge in [0.2, 0.25) is 5.91 Å². The van der Waals surface area contributed by atoms with E-state index in [0.29, 0.717) is 0 Å². The fourth-order valence-corrected chi connectivity index (χ4v) is 5.04. The first-order chi connectivity index (χ1) is 10.4. The maximum atomic E-state index is 11.0. The molecule has 0 bridgehead atoms. The molecular weight excluding hydrogens is 324 g/mol. The fourth-order valence-electron chi connectivity index (χ4n) is 3.56. The highest BCUT2D eigenvalue weighted by atomic mass is 35.5. The average Bonchev–Trinajstić information content (AvgIpc) is 2.84. The molecule has 3 rings (SSSR count). The second-order valence-electron chi connectivity index (χ2n) is 6.21. The highest BCUT2D eigenvalue weighted by Crippen LogP contribution is 2.47. The maximum absolute atomic E-state index is 11.0. The summed E-state index contributed by atoms with van der Waals surface area (Å²) < 4.78 is 7.00. The summed E-state index contributed by atoms with van der Waals surface area (Å²) in [6.07, 6.45) is 1.48. The number of ether oxygens (including phenoxy) is 1. The number of aliphatic hydroxyl groups is 1. The van der Waals surface area contributed by atoms with Crippen LogP contribution in [0, 0.1) is 0 Å². The lowest BCUT2D eigenvalue weighted by atomic mass is 9.82. The number of hydrogen-bond acceptors (Lipinski definition) is 5. The number of carbonyl (C=O) groups excluding carboxylic acids is 1. The number of aliphatic hydroxyl groups excluding tert-OH is 1. The van der Waals surface area contributed by atoms with E-state index in [1.165, 1.54) is 10.4 Å². The number of hydrogen-bond donors (Lipinski definition) is 2. The van der Waals surface area contributed by atoms with Crippen molar-refractivity contribution in [2.45, 2.75) is 43.9 Å². The molecular formula is C15H21ClN2O3S. The number of halogens is 1. The van der Waals surface area contributed by atoms with Crippen molar-refractivity contribution in [1.29, 1.82) is 0 Å². The lowest BCUT2D eigenvalue weighted by molar-refractivity contribution is -0.131. The van der Waals surface area contributed by atoms with Crippen molar-refractivity contribution in [3.8, 4) is 0 Å². The van der Waals surface area contributed by atoms with E-state index in [2.05, 4.69) is 17.9 Å². The molecule has 5 nitrogen and oxygen atoms in total. The number of fused-ring (bicyclic) bond motifs is 2. The van der Waals surface area contributed by atoms with Crippen molar-refractivity contribution in [3.05, 3.63) is 20.8 Å². The zero-order valence-corrected chi connectivity index (χ0v) is 14.1. The van der Waals surface area contributed by atoms with E-state index in [1.807, 2.05) is 0 Å². The van der Waals surface area contributed by atoms with Crippen LogP contribution in [0.3, 0.4) is 0 Å². The lowest BCUT2D eigenvalue weighted by Gasteiger charge is -2.47. The molecule has 0 unspecified atom stereocenters. The van der Waals surface area contributed by atoms with Crippen molar-refractivity contribution < 1.29 is 14.6 Å². The standard InChI is InChI=1S/C15H21ClN2O3S/c1-9-7-15(3-4-18(9)8-11(19)14(17)20)13-10(2-5-21-15)6-12(16)22-13/h6,9,11,19H,2-5,7-8H2,1H3,(H2,17,20)/t9-,11+,15+/m0/s1. The van der Waals surface area contributed by atoms with Crippen LogP contribution in [-0.2, 0) is 21.6 Å². The average molecular weight is 345 g/mol. The molecule has 1 saturated heterocycles. The van der Waals surface area contributed by atoms with E-state index in [0.717, 1.165) is 36.8 Å². The molecule has 122 valence electrons. The first-order valence-electron chi connectivity index (χ1n) is 7.55. The Labute approximate surface area is 139 Å². The van der Waals surface area contributed by atoms with Crippen LogP contribution in [0.5, 0.6) is 0 Å². The predicted molar refractivity (Wildman–Crippen MR) is 86.1 cm³/mol. The molecule has 3 atom stereocenters. The van der Waals surface area contributed by atoms with E-state index in [4.69, 9.17) is 22.1 Å².